The Morgan fingerprint density at radius 2 is 2.05 bits per heavy atom. The topological polar surface area (TPSA) is 34.4 Å². The van der Waals surface area contributed by atoms with Gasteiger partial charge in [0, 0.05) is 17.8 Å². The van der Waals surface area contributed by atoms with E-state index < -0.39 is 11.7 Å². The molecule has 2 aromatic rings. The molecule has 3 nitrogen and oxygen atoms in total. The second-order valence-electron chi connectivity index (χ2n) is 3.89. The molecule has 0 spiro atoms. The molecular weight excluding hydrogens is 259 g/mol. The standard InChI is InChI=1S/C13H12F3NO2/c1-18-10-2-3-12(11(6-10)13(14,15)16)17-7-9-4-5-19-8-9/h2-6,8,17H,7H2,1H3. The van der Waals surface area contributed by atoms with Crippen LogP contribution >= 0.6 is 0 Å². The Morgan fingerprint density at radius 1 is 1.26 bits per heavy atom. The van der Waals surface area contributed by atoms with E-state index in [1.807, 2.05) is 0 Å². The number of rotatable bonds is 4. The van der Waals surface area contributed by atoms with E-state index in [0.29, 0.717) is 0 Å². The number of alkyl halides is 3. The third kappa shape index (κ3) is 3.21. The van der Waals surface area contributed by atoms with Gasteiger partial charge in [-0.2, -0.15) is 13.2 Å². The van der Waals surface area contributed by atoms with E-state index in [9.17, 15) is 13.2 Å². The number of halogens is 3. The first-order valence-corrected chi connectivity index (χ1v) is 5.51. The van der Waals surface area contributed by atoms with Crippen LogP contribution in [0.5, 0.6) is 5.75 Å². The van der Waals surface area contributed by atoms with Crippen LogP contribution in [0.4, 0.5) is 18.9 Å². The average molecular weight is 271 g/mol. The van der Waals surface area contributed by atoms with Crippen molar-refractivity contribution in [2.45, 2.75) is 12.7 Å². The quantitative estimate of drug-likeness (QED) is 0.915. The zero-order chi connectivity index (χ0) is 13.9. The Morgan fingerprint density at radius 3 is 2.63 bits per heavy atom. The molecule has 1 heterocycles. The molecule has 0 aliphatic heterocycles. The van der Waals surface area contributed by atoms with Gasteiger partial charge in [0.05, 0.1) is 25.2 Å². The van der Waals surface area contributed by atoms with Crippen LogP contribution in [0.1, 0.15) is 11.1 Å². The number of methoxy groups -OCH3 is 1. The molecule has 0 saturated heterocycles. The molecule has 102 valence electrons. The maximum Gasteiger partial charge on any atom is 0.418 e. The molecule has 0 atom stereocenters. The van der Waals surface area contributed by atoms with Crippen LogP contribution < -0.4 is 10.1 Å². The first-order valence-electron chi connectivity index (χ1n) is 5.51. The third-order valence-electron chi connectivity index (χ3n) is 2.60. The summed E-state index contributed by atoms with van der Waals surface area (Å²) in [7, 11) is 1.33. The van der Waals surface area contributed by atoms with Crippen LogP contribution in [-0.4, -0.2) is 7.11 Å². The highest BCUT2D eigenvalue weighted by Crippen LogP contribution is 2.37. The summed E-state index contributed by atoms with van der Waals surface area (Å²) in [5.74, 6) is 0.168. The van der Waals surface area contributed by atoms with Crippen molar-refractivity contribution in [3.63, 3.8) is 0 Å². The molecule has 19 heavy (non-hydrogen) atoms. The molecule has 1 aromatic heterocycles. The normalized spacial score (nSPS) is 11.4. The van der Waals surface area contributed by atoms with Gasteiger partial charge in [-0.1, -0.05) is 0 Å². The van der Waals surface area contributed by atoms with Gasteiger partial charge in [-0.15, -0.1) is 0 Å². The maximum absolute atomic E-state index is 12.9. The largest absolute Gasteiger partial charge is 0.497 e. The maximum atomic E-state index is 12.9. The molecule has 0 aliphatic carbocycles. The summed E-state index contributed by atoms with van der Waals surface area (Å²) in [6, 6.07) is 5.48. The van der Waals surface area contributed by atoms with Crippen molar-refractivity contribution in [3.8, 4) is 5.75 Å². The molecule has 0 fully saturated rings. The van der Waals surface area contributed by atoms with Gasteiger partial charge in [-0.05, 0) is 24.3 Å². The first-order chi connectivity index (χ1) is 9.00. The predicted octanol–water partition coefficient (Wildman–Crippen LogP) is 3.92. The zero-order valence-corrected chi connectivity index (χ0v) is 10.1. The first kappa shape index (κ1) is 13.3. The van der Waals surface area contributed by atoms with E-state index in [1.165, 1.54) is 31.8 Å². The van der Waals surface area contributed by atoms with Crippen LogP contribution in [0.3, 0.4) is 0 Å². The lowest BCUT2D eigenvalue weighted by Gasteiger charge is -2.15. The van der Waals surface area contributed by atoms with Crippen molar-refractivity contribution >= 4 is 5.69 Å². The van der Waals surface area contributed by atoms with Gasteiger partial charge < -0.3 is 14.5 Å². The summed E-state index contributed by atoms with van der Waals surface area (Å²) in [6.07, 6.45) is -1.49. The van der Waals surface area contributed by atoms with Crippen LogP contribution in [0.2, 0.25) is 0 Å². The van der Waals surface area contributed by atoms with Gasteiger partial charge >= 0.3 is 6.18 Å². The smallest absolute Gasteiger partial charge is 0.418 e. The number of hydrogen-bond donors (Lipinski definition) is 1. The van der Waals surface area contributed by atoms with Crippen molar-refractivity contribution in [3.05, 3.63) is 47.9 Å². The predicted molar refractivity (Wildman–Crippen MR) is 64.0 cm³/mol. The lowest BCUT2D eigenvalue weighted by Crippen LogP contribution is -2.11. The van der Waals surface area contributed by atoms with Crippen LogP contribution in [-0.2, 0) is 12.7 Å². The molecule has 6 heteroatoms. The number of furan rings is 1. The van der Waals surface area contributed by atoms with Crippen LogP contribution in [0.25, 0.3) is 0 Å². The van der Waals surface area contributed by atoms with Gasteiger partial charge in [0.25, 0.3) is 0 Å². The Bertz CT molecular complexity index is 535. The fourth-order valence-corrected chi connectivity index (χ4v) is 1.63. The molecule has 0 aliphatic rings. The van der Waals surface area contributed by atoms with Crippen LogP contribution in [0, 0.1) is 0 Å². The van der Waals surface area contributed by atoms with Crippen molar-refractivity contribution in [1.29, 1.82) is 0 Å². The lowest BCUT2D eigenvalue weighted by molar-refractivity contribution is -0.137. The lowest BCUT2D eigenvalue weighted by atomic mass is 10.1. The van der Waals surface area contributed by atoms with Crippen molar-refractivity contribution in [1.82, 2.24) is 0 Å². The van der Waals surface area contributed by atoms with E-state index in [4.69, 9.17) is 9.15 Å². The number of anilines is 1. The van der Waals surface area contributed by atoms with E-state index in [-0.39, 0.29) is 18.0 Å². The van der Waals surface area contributed by atoms with Gasteiger partial charge in [0.2, 0.25) is 0 Å². The van der Waals surface area contributed by atoms with E-state index in [0.717, 1.165) is 11.6 Å². The second kappa shape index (κ2) is 5.26. The number of nitrogens with one attached hydrogen (secondary N) is 1. The highest BCUT2D eigenvalue weighted by molar-refractivity contribution is 5.55. The van der Waals surface area contributed by atoms with Gasteiger partial charge in [-0.3, -0.25) is 0 Å². The third-order valence-corrected chi connectivity index (χ3v) is 2.60. The van der Waals surface area contributed by atoms with Gasteiger partial charge in [0.15, 0.2) is 0 Å². The summed E-state index contributed by atoms with van der Waals surface area (Å²) < 4.78 is 48.4. The number of hydrogen-bond acceptors (Lipinski definition) is 3. The fourth-order valence-electron chi connectivity index (χ4n) is 1.63. The minimum absolute atomic E-state index is 0.00880. The summed E-state index contributed by atoms with van der Waals surface area (Å²) in [6.45, 7) is 0.256. The minimum atomic E-state index is -4.44. The molecule has 0 unspecified atom stereocenters. The Balaban J connectivity index is 2.23. The molecule has 1 N–H and O–H groups in total. The summed E-state index contributed by atoms with van der Waals surface area (Å²) >= 11 is 0. The van der Waals surface area contributed by atoms with E-state index in [2.05, 4.69) is 5.32 Å². The SMILES string of the molecule is COc1ccc(NCc2ccoc2)c(C(F)(F)F)c1. The zero-order valence-electron chi connectivity index (χ0n) is 10.1. The van der Waals surface area contributed by atoms with Gasteiger partial charge in [0.1, 0.15) is 5.75 Å². The Labute approximate surface area is 108 Å². The average Bonchev–Trinajstić information content (AvgIpc) is 2.88. The second-order valence-corrected chi connectivity index (χ2v) is 3.89. The van der Waals surface area contributed by atoms with E-state index >= 15 is 0 Å². The van der Waals surface area contributed by atoms with Gasteiger partial charge in [-0.25, -0.2) is 0 Å². The minimum Gasteiger partial charge on any atom is -0.497 e. The van der Waals surface area contributed by atoms with Crippen molar-refractivity contribution in [2.24, 2.45) is 0 Å². The Kier molecular flexibility index (Phi) is 3.69. The summed E-state index contributed by atoms with van der Waals surface area (Å²) in [5.41, 5.74) is 0.0220. The molecule has 1 aromatic carbocycles. The molecular formula is C13H12F3NO2. The van der Waals surface area contributed by atoms with Crippen molar-refractivity contribution < 1.29 is 22.3 Å². The fraction of sp³-hybridized carbons (Fsp3) is 0.231. The van der Waals surface area contributed by atoms with Crippen molar-refractivity contribution in [2.75, 3.05) is 12.4 Å². The molecule has 0 saturated carbocycles. The Hall–Kier alpha value is -2.11. The van der Waals surface area contributed by atoms with Crippen LogP contribution in [0.15, 0.2) is 41.2 Å². The number of ether oxygens (including phenoxy) is 1. The molecule has 2 rings (SSSR count). The highest BCUT2D eigenvalue weighted by atomic mass is 19.4. The molecule has 0 amide bonds. The highest BCUT2D eigenvalue weighted by Gasteiger charge is 2.34. The monoisotopic (exact) mass is 271 g/mol. The van der Waals surface area contributed by atoms with E-state index in [1.54, 1.807) is 6.07 Å². The molecule has 0 bridgehead atoms. The summed E-state index contributed by atoms with van der Waals surface area (Å²) in [5, 5.41) is 2.74. The molecule has 0 radical (unpaired) electrons. The summed E-state index contributed by atoms with van der Waals surface area (Å²) in [4.78, 5) is 0. The number of benzene rings is 1.